The number of piperazine rings is 1. The van der Waals surface area contributed by atoms with Crippen molar-refractivity contribution in [3.63, 3.8) is 0 Å². The molecule has 1 aliphatic carbocycles. The number of ether oxygens (including phenoxy) is 1. The minimum atomic E-state index is -2.89. The molecule has 2 fully saturated rings. The quantitative estimate of drug-likeness (QED) is 0.317. The number of nitrogens with two attached hydrogens (primary N) is 1. The van der Waals surface area contributed by atoms with Crippen LogP contribution in [0, 0.1) is 23.2 Å². The van der Waals surface area contributed by atoms with Crippen LogP contribution in [-0.2, 0) is 9.59 Å². The Bertz CT molecular complexity index is 1470. The number of anilines is 1. The molecule has 2 aliphatic rings. The number of pyridine rings is 1. The van der Waals surface area contributed by atoms with Crippen molar-refractivity contribution in [1.29, 1.82) is 5.41 Å². The fourth-order valence-electron chi connectivity index (χ4n) is 3.98. The summed E-state index contributed by atoms with van der Waals surface area (Å²) in [6, 6.07) is 5.56. The van der Waals surface area contributed by atoms with Crippen LogP contribution in [-0.4, -0.2) is 64.6 Å². The van der Waals surface area contributed by atoms with Gasteiger partial charge in [0.25, 0.3) is 12.3 Å². The molecule has 2 heterocycles. The number of carbonyl (C=O) groups is 3. The van der Waals surface area contributed by atoms with Crippen LogP contribution in [0.3, 0.4) is 0 Å². The van der Waals surface area contributed by atoms with Gasteiger partial charge in [0, 0.05) is 49.7 Å². The number of rotatable bonds is 5. The minimum absolute atomic E-state index is 0. The number of hydrogen-bond donors (Lipinski definition) is 2. The van der Waals surface area contributed by atoms with Crippen molar-refractivity contribution in [1.82, 2.24) is 9.88 Å². The molecule has 1 saturated carbocycles. The van der Waals surface area contributed by atoms with Crippen LogP contribution in [0.2, 0.25) is 0 Å². The molecule has 1 saturated heterocycles. The van der Waals surface area contributed by atoms with Crippen molar-refractivity contribution in [3.05, 3.63) is 41.7 Å². The van der Waals surface area contributed by atoms with Gasteiger partial charge < -0.3 is 20.3 Å². The van der Waals surface area contributed by atoms with E-state index in [-0.39, 0.29) is 64.9 Å². The topological polar surface area (TPSA) is 142 Å². The first-order chi connectivity index (χ1) is 19.1. The van der Waals surface area contributed by atoms with Crippen LogP contribution < -0.4 is 15.4 Å². The van der Waals surface area contributed by atoms with Gasteiger partial charge in [-0.05, 0) is 54.8 Å². The molecular formula is C27H28F2N6O4S. The van der Waals surface area contributed by atoms with Crippen molar-refractivity contribution in [2.24, 2.45) is 16.6 Å². The van der Waals surface area contributed by atoms with Crippen LogP contribution >= 0.6 is 11.8 Å². The normalized spacial score (nSPS) is 15.5. The molecule has 13 heteroatoms. The first-order valence-electron chi connectivity index (χ1n) is 12.3. The fraction of sp³-hybridized carbons (Fsp3) is 0.333. The molecule has 3 N–H and O–H groups in total. The van der Waals surface area contributed by atoms with Crippen LogP contribution in [0.4, 0.5) is 14.5 Å². The van der Waals surface area contributed by atoms with Gasteiger partial charge in [0.05, 0.1) is 13.3 Å². The van der Waals surface area contributed by atoms with Gasteiger partial charge >= 0.3 is 0 Å². The second-order valence-corrected chi connectivity index (χ2v) is 10.1. The molecule has 40 heavy (non-hydrogen) atoms. The van der Waals surface area contributed by atoms with E-state index in [9.17, 15) is 23.2 Å². The average Bonchev–Trinajstić information content (AvgIpc) is 3.75. The number of amidine groups is 1. The fourth-order valence-corrected chi connectivity index (χ4v) is 4.43. The number of hydrogen-bond acceptors (Lipinski definition) is 7. The molecule has 1 aromatic heterocycles. The Labute approximate surface area is 235 Å². The lowest BCUT2D eigenvalue weighted by Crippen LogP contribution is -2.51. The summed E-state index contributed by atoms with van der Waals surface area (Å²) < 4.78 is 32.5. The van der Waals surface area contributed by atoms with Crippen molar-refractivity contribution < 1.29 is 29.3 Å². The molecule has 2 aromatic rings. The van der Waals surface area contributed by atoms with E-state index in [4.69, 9.17) is 15.9 Å². The number of nitrogens with one attached hydrogen (secondary N) is 1. The van der Waals surface area contributed by atoms with E-state index in [0.717, 1.165) is 36.9 Å². The summed E-state index contributed by atoms with van der Waals surface area (Å²) in [6.07, 6.45) is 0.230. The molecule has 0 atom stereocenters. The predicted molar refractivity (Wildman–Crippen MR) is 150 cm³/mol. The van der Waals surface area contributed by atoms with Crippen LogP contribution in [0.15, 0.2) is 35.5 Å². The monoisotopic (exact) mass is 570 g/mol. The second kappa shape index (κ2) is 12.3. The van der Waals surface area contributed by atoms with E-state index in [2.05, 4.69) is 21.8 Å². The predicted octanol–water partition coefficient (Wildman–Crippen LogP) is 3.71. The number of nitrogens with zero attached hydrogens (tertiary/aromatic N) is 4. The summed E-state index contributed by atoms with van der Waals surface area (Å²) in [6.45, 7) is 1.77. The number of methoxy groups -OCH3 is 1. The molecule has 1 aromatic carbocycles. The molecule has 210 valence electrons. The Morgan fingerprint density at radius 2 is 2.02 bits per heavy atom. The maximum absolute atomic E-state index is 13.6. The number of carbonyl (C=O) groups excluding carboxylic acids is 3. The van der Waals surface area contributed by atoms with E-state index in [1.54, 1.807) is 0 Å². The Morgan fingerprint density at radius 1 is 1.27 bits per heavy atom. The number of alkyl halides is 2. The maximum atomic E-state index is 13.6. The third kappa shape index (κ3) is 6.81. The Kier molecular flexibility index (Phi) is 8.79. The van der Waals surface area contributed by atoms with Crippen molar-refractivity contribution in [2.75, 3.05) is 31.6 Å². The lowest BCUT2D eigenvalue weighted by molar-refractivity contribution is -0.135. The highest BCUT2D eigenvalue weighted by Gasteiger charge is 2.28. The number of halogens is 2. The molecule has 0 spiro atoms. The van der Waals surface area contributed by atoms with E-state index >= 15 is 0 Å². The number of amides is 3. The summed E-state index contributed by atoms with van der Waals surface area (Å²) in [4.78, 5) is 48.3. The molecule has 0 radical (unpaired) electrons. The smallest absolute Gasteiger partial charge is 0.280 e. The van der Waals surface area contributed by atoms with Crippen molar-refractivity contribution >= 4 is 45.4 Å². The van der Waals surface area contributed by atoms with Gasteiger partial charge in [-0.2, -0.15) is 4.99 Å². The highest BCUT2D eigenvalue weighted by molar-refractivity contribution is 8.26. The molecule has 3 amide bonds. The number of aliphatic imine (C=N–C) groups is 1. The number of aromatic nitrogens is 1. The first kappa shape index (κ1) is 28.7. The highest BCUT2D eigenvalue weighted by Crippen LogP contribution is 2.37. The van der Waals surface area contributed by atoms with E-state index in [0.29, 0.717) is 12.2 Å². The second-order valence-electron chi connectivity index (χ2n) is 9.06. The molecule has 1 aliphatic heterocycles. The molecular weight excluding hydrogens is 542 g/mol. The summed E-state index contributed by atoms with van der Waals surface area (Å²) in [5.41, 5.74) is 6.07. The number of thioether (sulfide) groups is 1. The zero-order chi connectivity index (χ0) is 29.0. The van der Waals surface area contributed by atoms with Gasteiger partial charge in [0.2, 0.25) is 11.8 Å². The third-order valence-corrected chi connectivity index (χ3v) is 6.83. The maximum Gasteiger partial charge on any atom is 0.280 e. The van der Waals surface area contributed by atoms with Crippen LogP contribution in [0.25, 0.3) is 11.1 Å². The standard InChI is InChI=1S/C27H26F2N6O4S.H2/c1-15(36)34-9-10-35(24(37)14-34)17-6-7-18(26(38)33-27(31)40-23(30)8-5-16-3-4-16)19(11-17)20-12-21(25(28)29)32-13-22(20)39-2;/h6-7,11-13,16,25,30H,3-4,9-10,14H2,1-2H3,(H2,31,33,38);1H. The first-order valence-corrected chi connectivity index (χ1v) is 13.1. The highest BCUT2D eigenvalue weighted by atomic mass is 32.2. The number of benzene rings is 1. The Balaban J connectivity index is 0.00000462. The zero-order valence-electron chi connectivity index (χ0n) is 21.7. The SMILES string of the molecule is COc1cnc(C(F)F)cc1-c1cc(N2CCN(C(C)=O)CC2=O)ccc1C(=O)N=C(N)SC(=N)C#CC1CC1.[HH]. The van der Waals surface area contributed by atoms with Gasteiger partial charge in [-0.1, -0.05) is 5.92 Å². The zero-order valence-corrected chi connectivity index (χ0v) is 22.6. The van der Waals surface area contributed by atoms with Gasteiger partial charge in [0.1, 0.15) is 23.0 Å². The van der Waals surface area contributed by atoms with Crippen LogP contribution in [0.5, 0.6) is 5.75 Å². The summed E-state index contributed by atoms with van der Waals surface area (Å²) >= 11 is 0.734. The van der Waals surface area contributed by atoms with E-state index in [1.807, 2.05) is 0 Å². The molecule has 0 bridgehead atoms. The molecule has 4 rings (SSSR count). The van der Waals surface area contributed by atoms with E-state index in [1.165, 1.54) is 42.0 Å². The van der Waals surface area contributed by atoms with Gasteiger partial charge in [-0.15, -0.1) is 0 Å². The van der Waals surface area contributed by atoms with Crippen molar-refractivity contribution in [2.45, 2.75) is 26.2 Å². The van der Waals surface area contributed by atoms with Gasteiger partial charge in [0.15, 0.2) is 5.17 Å². The summed E-state index contributed by atoms with van der Waals surface area (Å²) in [5.74, 6) is 4.65. The van der Waals surface area contributed by atoms with Gasteiger partial charge in [-0.3, -0.25) is 24.8 Å². The largest absolute Gasteiger partial charge is 0.494 e. The lowest BCUT2D eigenvalue weighted by atomic mass is 9.97. The molecule has 0 unspecified atom stereocenters. The lowest BCUT2D eigenvalue weighted by Gasteiger charge is -2.34. The minimum Gasteiger partial charge on any atom is -0.494 e. The summed E-state index contributed by atoms with van der Waals surface area (Å²) in [5, 5.41) is 7.68. The average molecular weight is 571 g/mol. The van der Waals surface area contributed by atoms with E-state index < -0.39 is 18.0 Å². The van der Waals surface area contributed by atoms with Crippen LogP contribution in [0.1, 0.15) is 43.7 Å². The van der Waals surface area contributed by atoms with Gasteiger partial charge in [-0.25, -0.2) is 8.78 Å². The third-order valence-electron chi connectivity index (χ3n) is 6.22. The van der Waals surface area contributed by atoms with Crippen molar-refractivity contribution in [3.8, 4) is 28.7 Å². The molecule has 10 nitrogen and oxygen atoms in total. The summed E-state index contributed by atoms with van der Waals surface area (Å²) in [7, 11) is 1.33. The Morgan fingerprint density at radius 3 is 2.65 bits per heavy atom. The Hall–Kier alpha value is -4.31.